The van der Waals surface area contributed by atoms with Crippen molar-refractivity contribution in [2.75, 3.05) is 0 Å². The summed E-state index contributed by atoms with van der Waals surface area (Å²) in [5.41, 5.74) is 2.45. The van der Waals surface area contributed by atoms with E-state index in [1.165, 1.54) is 5.56 Å². The monoisotopic (exact) mass is 368 g/mol. The summed E-state index contributed by atoms with van der Waals surface area (Å²) >= 11 is 6.94. The molecule has 0 amide bonds. The fourth-order valence-corrected chi connectivity index (χ4v) is 2.46. The molecule has 0 aliphatic rings. The van der Waals surface area contributed by atoms with Crippen LogP contribution in [0.25, 0.3) is 0 Å². The largest absolute Gasteiger partial charge is 0.457 e. The van der Waals surface area contributed by atoms with E-state index >= 15 is 0 Å². The second kappa shape index (κ2) is 6.39. The van der Waals surface area contributed by atoms with Gasteiger partial charge in [0.1, 0.15) is 11.5 Å². The van der Waals surface area contributed by atoms with Crippen LogP contribution in [-0.2, 0) is 11.8 Å². The maximum Gasteiger partial charge on any atom is 0.132 e. The first-order valence-corrected chi connectivity index (χ1v) is 7.75. The first-order valence-electron chi connectivity index (χ1n) is 5.84. The van der Waals surface area contributed by atoms with Crippen LogP contribution in [0.1, 0.15) is 18.1 Å². The second-order valence-corrected chi connectivity index (χ2v) is 5.46. The molecule has 0 aromatic heterocycles. The topological polar surface area (TPSA) is 9.23 Å². The zero-order valence-corrected chi connectivity index (χ0v) is 13.3. The molecule has 0 aliphatic carbocycles. The van der Waals surface area contributed by atoms with Gasteiger partial charge in [-0.15, -0.1) is 0 Å². The third-order valence-corrected chi connectivity index (χ3v) is 3.83. The summed E-state index contributed by atoms with van der Waals surface area (Å²) in [5, 5.41) is 0.780. The van der Waals surface area contributed by atoms with Crippen molar-refractivity contribution in [1.29, 1.82) is 0 Å². The Hall–Kier alpha value is -0.800. The molecule has 0 N–H and O–H groups in total. The number of halogens is 2. The molecule has 2 aromatic carbocycles. The van der Waals surface area contributed by atoms with Gasteiger partial charge in [-0.25, -0.2) is 0 Å². The number of alkyl halides is 1. The molecular formula is C15H14Br2O. The van der Waals surface area contributed by atoms with E-state index in [-0.39, 0.29) is 0 Å². The normalized spacial score (nSPS) is 10.4. The molecule has 3 heteroatoms. The van der Waals surface area contributed by atoms with E-state index in [9.17, 15) is 0 Å². The molecule has 0 aliphatic heterocycles. The molecule has 0 atom stereocenters. The van der Waals surface area contributed by atoms with Gasteiger partial charge in [0.05, 0.1) is 0 Å². The Morgan fingerprint density at radius 2 is 1.78 bits per heavy atom. The summed E-state index contributed by atoms with van der Waals surface area (Å²) in [7, 11) is 0. The molecule has 0 radical (unpaired) electrons. The highest BCUT2D eigenvalue weighted by molar-refractivity contribution is 9.10. The number of benzene rings is 2. The Bertz CT molecular complexity index is 521. The number of rotatable bonds is 4. The SMILES string of the molecule is CCc1ccc(Oc2cc(Br)ccc2CBr)cc1. The van der Waals surface area contributed by atoms with Gasteiger partial charge in [0, 0.05) is 15.4 Å². The Labute approximate surface area is 124 Å². The van der Waals surface area contributed by atoms with Gasteiger partial charge in [0.2, 0.25) is 0 Å². The second-order valence-electron chi connectivity index (χ2n) is 3.99. The van der Waals surface area contributed by atoms with Gasteiger partial charge in [-0.1, -0.05) is 57.0 Å². The molecule has 2 aromatic rings. The molecule has 0 unspecified atom stereocenters. The molecule has 0 spiro atoms. The zero-order chi connectivity index (χ0) is 13.0. The Balaban J connectivity index is 2.24. The van der Waals surface area contributed by atoms with E-state index in [2.05, 4.69) is 57.0 Å². The number of ether oxygens (including phenoxy) is 1. The van der Waals surface area contributed by atoms with Crippen molar-refractivity contribution in [3.63, 3.8) is 0 Å². The summed E-state index contributed by atoms with van der Waals surface area (Å²) in [5.74, 6) is 1.75. The van der Waals surface area contributed by atoms with E-state index in [4.69, 9.17) is 4.74 Å². The quantitative estimate of drug-likeness (QED) is 0.628. The van der Waals surface area contributed by atoms with Gasteiger partial charge < -0.3 is 4.74 Å². The minimum Gasteiger partial charge on any atom is -0.457 e. The molecule has 2 rings (SSSR count). The van der Waals surface area contributed by atoms with Gasteiger partial charge in [-0.05, 0) is 36.2 Å². The van der Waals surface area contributed by atoms with Crippen molar-refractivity contribution in [3.8, 4) is 11.5 Å². The Morgan fingerprint density at radius 1 is 1.06 bits per heavy atom. The zero-order valence-electron chi connectivity index (χ0n) is 10.1. The predicted molar refractivity (Wildman–Crippen MR) is 82.7 cm³/mol. The molecule has 0 fully saturated rings. The van der Waals surface area contributed by atoms with Gasteiger partial charge in [-0.3, -0.25) is 0 Å². The van der Waals surface area contributed by atoms with Crippen LogP contribution in [-0.4, -0.2) is 0 Å². The number of aryl methyl sites for hydroxylation is 1. The summed E-state index contributed by atoms with van der Waals surface area (Å²) < 4.78 is 6.94. The van der Waals surface area contributed by atoms with Gasteiger partial charge in [-0.2, -0.15) is 0 Å². The molecule has 0 heterocycles. The van der Waals surface area contributed by atoms with E-state index in [1.807, 2.05) is 24.3 Å². The Kier molecular flexibility index (Phi) is 4.84. The standard InChI is InChI=1S/C15H14Br2O/c1-2-11-3-7-14(8-4-11)18-15-9-13(17)6-5-12(15)10-16/h3-9H,2,10H2,1H3. The lowest BCUT2D eigenvalue weighted by molar-refractivity contribution is 0.478. The predicted octanol–water partition coefficient (Wildman–Crippen LogP) is 5.70. The van der Waals surface area contributed by atoms with E-state index < -0.39 is 0 Å². The van der Waals surface area contributed by atoms with Crippen LogP contribution < -0.4 is 4.74 Å². The lowest BCUT2D eigenvalue weighted by Gasteiger charge is -2.10. The molecule has 94 valence electrons. The lowest BCUT2D eigenvalue weighted by atomic mass is 10.2. The average Bonchev–Trinajstić information content (AvgIpc) is 2.40. The molecular weight excluding hydrogens is 356 g/mol. The number of hydrogen-bond donors (Lipinski definition) is 0. The van der Waals surface area contributed by atoms with Crippen molar-refractivity contribution in [2.24, 2.45) is 0 Å². The van der Waals surface area contributed by atoms with Crippen molar-refractivity contribution in [3.05, 3.63) is 58.1 Å². The van der Waals surface area contributed by atoms with Crippen LogP contribution in [0.2, 0.25) is 0 Å². The van der Waals surface area contributed by atoms with Crippen LogP contribution in [0, 0.1) is 0 Å². The third-order valence-electron chi connectivity index (χ3n) is 2.73. The minimum atomic E-state index is 0.780. The fourth-order valence-electron chi connectivity index (χ4n) is 1.65. The summed E-state index contributed by atoms with van der Waals surface area (Å²) in [4.78, 5) is 0. The van der Waals surface area contributed by atoms with Gasteiger partial charge >= 0.3 is 0 Å². The lowest BCUT2D eigenvalue weighted by Crippen LogP contribution is -1.90. The average molecular weight is 370 g/mol. The molecule has 0 saturated heterocycles. The van der Waals surface area contributed by atoms with Crippen LogP contribution >= 0.6 is 31.9 Å². The molecule has 0 saturated carbocycles. The first-order chi connectivity index (χ1) is 8.72. The first kappa shape index (κ1) is 13.6. The van der Waals surface area contributed by atoms with Gasteiger partial charge in [0.25, 0.3) is 0 Å². The van der Waals surface area contributed by atoms with Crippen LogP contribution in [0.3, 0.4) is 0 Å². The highest BCUT2D eigenvalue weighted by Gasteiger charge is 2.05. The number of hydrogen-bond acceptors (Lipinski definition) is 1. The van der Waals surface area contributed by atoms with E-state index in [1.54, 1.807) is 0 Å². The van der Waals surface area contributed by atoms with Gasteiger partial charge in [0.15, 0.2) is 0 Å². The summed E-state index contributed by atoms with van der Waals surface area (Å²) in [6.45, 7) is 2.15. The Morgan fingerprint density at radius 3 is 2.39 bits per heavy atom. The summed E-state index contributed by atoms with van der Waals surface area (Å²) in [6, 6.07) is 14.3. The smallest absolute Gasteiger partial charge is 0.132 e. The van der Waals surface area contributed by atoms with E-state index in [0.717, 1.165) is 33.3 Å². The van der Waals surface area contributed by atoms with Crippen molar-refractivity contribution >= 4 is 31.9 Å². The van der Waals surface area contributed by atoms with Crippen LogP contribution in [0.5, 0.6) is 11.5 Å². The summed E-state index contributed by atoms with van der Waals surface area (Å²) in [6.07, 6.45) is 1.05. The molecule has 1 nitrogen and oxygen atoms in total. The fraction of sp³-hybridized carbons (Fsp3) is 0.200. The van der Waals surface area contributed by atoms with Crippen molar-refractivity contribution in [2.45, 2.75) is 18.7 Å². The van der Waals surface area contributed by atoms with Crippen LogP contribution in [0.15, 0.2) is 46.9 Å². The maximum absolute atomic E-state index is 5.92. The molecule has 18 heavy (non-hydrogen) atoms. The minimum absolute atomic E-state index is 0.780. The molecule has 0 bridgehead atoms. The van der Waals surface area contributed by atoms with E-state index in [0.29, 0.717) is 0 Å². The maximum atomic E-state index is 5.92. The third kappa shape index (κ3) is 3.36. The van der Waals surface area contributed by atoms with Crippen molar-refractivity contribution in [1.82, 2.24) is 0 Å². The highest BCUT2D eigenvalue weighted by atomic mass is 79.9. The van der Waals surface area contributed by atoms with Crippen molar-refractivity contribution < 1.29 is 4.74 Å². The highest BCUT2D eigenvalue weighted by Crippen LogP contribution is 2.30. The van der Waals surface area contributed by atoms with Crippen LogP contribution in [0.4, 0.5) is 0 Å².